The molecule has 0 amide bonds. The largest absolute Gasteiger partial charge is 0.354 e. The zero-order chi connectivity index (χ0) is 12.4. The van der Waals surface area contributed by atoms with Crippen molar-refractivity contribution in [3.8, 4) is 0 Å². The van der Waals surface area contributed by atoms with Gasteiger partial charge in [0.2, 0.25) is 0 Å². The van der Waals surface area contributed by atoms with Crippen LogP contribution in [0.4, 0.5) is 5.69 Å². The lowest BCUT2D eigenvalue weighted by Gasteiger charge is -2.24. The van der Waals surface area contributed by atoms with Crippen LogP contribution in [-0.4, -0.2) is 25.6 Å². The second kappa shape index (κ2) is 4.69. The molecule has 1 heterocycles. The van der Waals surface area contributed by atoms with Gasteiger partial charge in [0.15, 0.2) is 5.96 Å². The molecule has 1 N–H and O–H groups in total. The number of fused-ring (bicyclic) bond motifs is 1. The summed E-state index contributed by atoms with van der Waals surface area (Å²) in [5.74, 6) is 0.994. The maximum absolute atomic E-state index is 4.52. The Balaban J connectivity index is 2.12. The average molecular weight is 239 g/mol. The predicted molar refractivity (Wildman–Crippen MR) is 77.3 cm³/mol. The summed E-state index contributed by atoms with van der Waals surface area (Å²) in [5, 5.41) is 5.89. The van der Waals surface area contributed by atoms with Crippen molar-refractivity contribution in [3.05, 3.63) is 42.5 Å². The van der Waals surface area contributed by atoms with Gasteiger partial charge in [-0.05, 0) is 18.4 Å². The van der Waals surface area contributed by atoms with Crippen LogP contribution in [0.3, 0.4) is 0 Å². The number of benzene rings is 2. The second-order valence-corrected chi connectivity index (χ2v) is 4.37. The Morgan fingerprint density at radius 2 is 2.00 bits per heavy atom. The van der Waals surface area contributed by atoms with Crippen LogP contribution in [0.5, 0.6) is 0 Å². The molecule has 3 nitrogen and oxygen atoms in total. The van der Waals surface area contributed by atoms with Crippen molar-refractivity contribution >= 4 is 22.4 Å². The van der Waals surface area contributed by atoms with E-state index in [1.165, 1.54) is 16.5 Å². The van der Waals surface area contributed by atoms with E-state index in [-0.39, 0.29) is 0 Å². The minimum absolute atomic E-state index is 0.872. The topological polar surface area (TPSA) is 27.6 Å². The van der Waals surface area contributed by atoms with E-state index in [1.54, 1.807) is 0 Å². The van der Waals surface area contributed by atoms with Crippen molar-refractivity contribution in [3.63, 3.8) is 0 Å². The van der Waals surface area contributed by atoms with Gasteiger partial charge in [0.1, 0.15) is 0 Å². The van der Waals surface area contributed by atoms with E-state index in [9.17, 15) is 0 Å². The van der Waals surface area contributed by atoms with Crippen LogP contribution in [0, 0.1) is 0 Å². The number of nitrogens with zero attached hydrogens (tertiary/aromatic N) is 2. The Morgan fingerprint density at radius 3 is 2.78 bits per heavy atom. The number of hydrogen-bond acceptors (Lipinski definition) is 3. The summed E-state index contributed by atoms with van der Waals surface area (Å²) >= 11 is 0. The normalized spacial score (nSPS) is 14.4. The lowest BCUT2D eigenvalue weighted by molar-refractivity contribution is 0.938. The summed E-state index contributed by atoms with van der Waals surface area (Å²) in [5.41, 5.74) is 1.23. The Hall–Kier alpha value is -2.03. The number of nitrogens with one attached hydrogen (secondary N) is 1. The fraction of sp³-hybridized carbons (Fsp3) is 0.267. The molecule has 0 saturated carbocycles. The first kappa shape index (κ1) is 11.1. The van der Waals surface area contributed by atoms with Crippen molar-refractivity contribution in [2.75, 3.05) is 24.5 Å². The molecular weight excluding hydrogens is 222 g/mol. The van der Waals surface area contributed by atoms with Crippen LogP contribution in [-0.2, 0) is 0 Å². The van der Waals surface area contributed by atoms with Gasteiger partial charge in [-0.2, -0.15) is 0 Å². The molecule has 2 aromatic rings. The van der Waals surface area contributed by atoms with E-state index < -0.39 is 0 Å². The first-order chi connectivity index (χ1) is 8.90. The summed E-state index contributed by atoms with van der Waals surface area (Å²) in [6.07, 6.45) is 0. The minimum Gasteiger partial charge on any atom is -0.354 e. The minimum atomic E-state index is 0.872. The van der Waals surface area contributed by atoms with Crippen molar-refractivity contribution in [2.24, 2.45) is 4.99 Å². The standard InChI is InChI=1S/C15H17N3/c1-2-18(15-16-10-11-17-15)14-9-5-7-12-6-3-4-8-13(12)14/h3-9H,2,10-11H2,1H3,(H,16,17). The summed E-state index contributed by atoms with van der Waals surface area (Å²) in [6.45, 7) is 4.89. The third-order valence-electron chi connectivity index (χ3n) is 3.29. The maximum atomic E-state index is 4.52. The zero-order valence-corrected chi connectivity index (χ0v) is 10.6. The number of guanidine groups is 1. The number of anilines is 1. The van der Waals surface area contributed by atoms with E-state index in [2.05, 4.69) is 64.6 Å². The predicted octanol–water partition coefficient (Wildman–Crippen LogP) is 2.63. The van der Waals surface area contributed by atoms with E-state index in [0.29, 0.717) is 0 Å². The number of hydrogen-bond donors (Lipinski definition) is 1. The SMILES string of the molecule is CCN(C1=NCCN1)c1cccc2ccccc12. The van der Waals surface area contributed by atoms with E-state index >= 15 is 0 Å². The lowest BCUT2D eigenvalue weighted by atomic mass is 10.1. The second-order valence-electron chi connectivity index (χ2n) is 4.37. The van der Waals surface area contributed by atoms with Crippen molar-refractivity contribution < 1.29 is 0 Å². The highest BCUT2D eigenvalue weighted by Gasteiger charge is 2.16. The van der Waals surface area contributed by atoms with Gasteiger partial charge < -0.3 is 10.2 Å². The van der Waals surface area contributed by atoms with Crippen LogP contribution in [0.15, 0.2) is 47.5 Å². The molecule has 0 radical (unpaired) electrons. The monoisotopic (exact) mass is 239 g/mol. The van der Waals surface area contributed by atoms with Gasteiger partial charge in [-0.15, -0.1) is 0 Å². The molecule has 0 aromatic heterocycles. The molecule has 18 heavy (non-hydrogen) atoms. The molecule has 0 unspecified atom stereocenters. The molecule has 0 saturated heterocycles. The highest BCUT2D eigenvalue weighted by molar-refractivity contribution is 6.05. The molecular formula is C15H17N3. The highest BCUT2D eigenvalue weighted by Crippen LogP contribution is 2.26. The van der Waals surface area contributed by atoms with E-state index in [0.717, 1.165) is 25.6 Å². The highest BCUT2D eigenvalue weighted by atomic mass is 15.3. The third-order valence-corrected chi connectivity index (χ3v) is 3.29. The molecule has 0 fully saturated rings. The van der Waals surface area contributed by atoms with Crippen molar-refractivity contribution in [1.29, 1.82) is 0 Å². The van der Waals surface area contributed by atoms with Gasteiger partial charge in [0, 0.05) is 18.5 Å². The molecule has 0 atom stereocenters. The summed E-state index contributed by atoms with van der Waals surface area (Å²) in [4.78, 5) is 6.77. The lowest BCUT2D eigenvalue weighted by Crippen LogP contribution is -2.38. The molecule has 0 aliphatic carbocycles. The van der Waals surface area contributed by atoms with Gasteiger partial charge in [0.25, 0.3) is 0 Å². The molecule has 0 bridgehead atoms. The molecule has 92 valence electrons. The molecule has 3 heteroatoms. The molecule has 0 spiro atoms. The van der Waals surface area contributed by atoms with Crippen LogP contribution in [0.1, 0.15) is 6.92 Å². The Morgan fingerprint density at radius 1 is 1.17 bits per heavy atom. The zero-order valence-electron chi connectivity index (χ0n) is 10.6. The van der Waals surface area contributed by atoms with Crippen molar-refractivity contribution in [2.45, 2.75) is 6.92 Å². The van der Waals surface area contributed by atoms with Gasteiger partial charge in [0.05, 0.1) is 12.2 Å². The molecule has 2 aromatic carbocycles. The Kier molecular flexibility index (Phi) is 2.89. The van der Waals surface area contributed by atoms with Gasteiger partial charge in [-0.3, -0.25) is 4.99 Å². The average Bonchev–Trinajstić information content (AvgIpc) is 2.94. The summed E-state index contributed by atoms with van der Waals surface area (Å²) in [7, 11) is 0. The van der Waals surface area contributed by atoms with Crippen LogP contribution >= 0.6 is 0 Å². The van der Waals surface area contributed by atoms with Gasteiger partial charge in [-0.25, -0.2) is 0 Å². The van der Waals surface area contributed by atoms with Crippen molar-refractivity contribution in [1.82, 2.24) is 5.32 Å². The third kappa shape index (κ3) is 1.82. The smallest absolute Gasteiger partial charge is 0.198 e. The molecule has 3 rings (SSSR count). The fourth-order valence-corrected chi connectivity index (χ4v) is 2.44. The fourth-order valence-electron chi connectivity index (χ4n) is 2.44. The summed E-state index contributed by atoms with van der Waals surface area (Å²) in [6, 6.07) is 14.9. The molecule has 1 aliphatic rings. The quantitative estimate of drug-likeness (QED) is 0.872. The first-order valence-corrected chi connectivity index (χ1v) is 6.44. The first-order valence-electron chi connectivity index (χ1n) is 6.44. The van der Waals surface area contributed by atoms with Crippen LogP contribution in [0.25, 0.3) is 10.8 Å². The van der Waals surface area contributed by atoms with E-state index in [1.807, 2.05) is 0 Å². The Labute approximate surface area is 107 Å². The van der Waals surface area contributed by atoms with Crippen LogP contribution < -0.4 is 10.2 Å². The Bertz CT molecular complexity index is 584. The van der Waals surface area contributed by atoms with Gasteiger partial charge in [-0.1, -0.05) is 36.4 Å². The van der Waals surface area contributed by atoms with Crippen LogP contribution in [0.2, 0.25) is 0 Å². The number of aliphatic imine (C=N–C) groups is 1. The molecule has 1 aliphatic heterocycles. The van der Waals surface area contributed by atoms with E-state index in [4.69, 9.17) is 0 Å². The maximum Gasteiger partial charge on any atom is 0.198 e. The summed E-state index contributed by atoms with van der Waals surface area (Å²) < 4.78 is 0. The number of rotatable bonds is 2. The van der Waals surface area contributed by atoms with Gasteiger partial charge >= 0.3 is 0 Å².